The summed E-state index contributed by atoms with van der Waals surface area (Å²) >= 11 is 0. The van der Waals surface area contributed by atoms with E-state index in [0.717, 1.165) is 89.9 Å². The van der Waals surface area contributed by atoms with Gasteiger partial charge in [0.05, 0.1) is 6.61 Å². The van der Waals surface area contributed by atoms with Crippen LogP contribution in [0.1, 0.15) is 155 Å². The van der Waals surface area contributed by atoms with Crippen LogP contribution in [0.3, 0.4) is 0 Å². The summed E-state index contributed by atoms with van der Waals surface area (Å²) in [6, 6.07) is 0. The van der Waals surface area contributed by atoms with Gasteiger partial charge in [0.2, 0.25) is 0 Å². The lowest BCUT2D eigenvalue weighted by molar-refractivity contribution is -0.220. The van der Waals surface area contributed by atoms with Crippen molar-refractivity contribution in [3.05, 3.63) is 122 Å². The molecule has 1 fully saturated rings. The minimum Gasteiger partial charge on any atom is -0.462 e. The first kappa shape index (κ1) is 63.3. The lowest BCUT2D eigenvalue weighted by Crippen LogP contribution is -2.64. The fourth-order valence-corrected chi connectivity index (χ4v) is 7.81. The molecule has 0 aromatic carbocycles. The number of aliphatic hydroxyl groups is 5. The first-order chi connectivity index (χ1) is 33.4. The van der Waals surface area contributed by atoms with Crippen molar-refractivity contribution in [2.24, 2.45) is 0 Å². The number of carbonyl (C=O) groups excluding carboxylic acids is 2. The Morgan fingerprint density at radius 2 is 0.812 bits per heavy atom. The molecular formula is C55H87O13P. The summed E-state index contributed by atoms with van der Waals surface area (Å²) in [6.07, 6.45) is 48.2. The Hall–Kier alpha value is -3.75. The molecule has 390 valence electrons. The molecule has 69 heavy (non-hydrogen) atoms. The topological polar surface area (TPSA) is 210 Å². The van der Waals surface area contributed by atoms with Crippen molar-refractivity contribution in [3.63, 3.8) is 0 Å². The van der Waals surface area contributed by atoms with Crippen LogP contribution in [-0.2, 0) is 32.7 Å². The SMILES string of the molecule is CC/C=C\C/C=C\C/C=C\C/C=C\C/C=C\C/C=C\CCC(=O)OC(COC(=O)CCCCCCCCCC/C=C\C/C=C\C/C=C\C/C=C\CC)COP(=O)(O)OC1C(O)C(O)C(O)C(O)C1O. The quantitative estimate of drug-likeness (QED) is 0.0146. The largest absolute Gasteiger partial charge is 0.472 e. The summed E-state index contributed by atoms with van der Waals surface area (Å²) in [5, 5.41) is 50.3. The van der Waals surface area contributed by atoms with E-state index >= 15 is 0 Å². The van der Waals surface area contributed by atoms with E-state index in [0.29, 0.717) is 19.3 Å². The van der Waals surface area contributed by atoms with Crippen LogP contribution in [0.5, 0.6) is 0 Å². The summed E-state index contributed by atoms with van der Waals surface area (Å²) in [5.74, 6) is -1.22. The van der Waals surface area contributed by atoms with Gasteiger partial charge in [0.15, 0.2) is 6.10 Å². The predicted octanol–water partition coefficient (Wildman–Crippen LogP) is 10.9. The van der Waals surface area contributed by atoms with Crippen LogP contribution in [0.2, 0.25) is 0 Å². The number of phosphoric acid groups is 1. The molecule has 1 saturated carbocycles. The average molecular weight is 987 g/mol. The van der Waals surface area contributed by atoms with Crippen molar-refractivity contribution >= 4 is 19.8 Å². The van der Waals surface area contributed by atoms with E-state index in [9.17, 15) is 44.6 Å². The fraction of sp³-hybridized carbons (Fsp3) is 0.600. The lowest BCUT2D eigenvalue weighted by Gasteiger charge is -2.41. The van der Waals surface area contributed by atoms with E-state index in [4.69, 9.17) is 18.5 Å². The van der Waals surface area contributed by atoms with E-state index in [2.05, 4.69) is 117 Å². The molecule has 13 nitrogen and oxygen atoms in total. The van der Waals surface area contributed by atoms with E-state index in [1.54, 1.807) is 0 Å². The van der Waals surface area contributed by atoms with Gasteiger partial charge >= 0.3 is 19.8 Å². The zero-order chi connectivity index (χ0) is 50.6. The van der Waals surface area contributed by atoms with Gasteiger partial charge in [-0.25, -0.2) is 4.57 Å². The van der Waals surface area contributed by atoms with E-state index in [1.807, 2.05) is 18.2 Å². The molecule has 0 radical (unpaired) electrons. The molecule has 0 heterocycles. The van der Waals surface area contributed by atoms with Gasteiger partial charge in [-0.15, -0.1) is 0 Å². The van der Waals surface area contributed by atoms with Crippen LogP contribution in [0.4, 0.5) is 0 Å². The van der Waals surface area contributed by atoms with E-state index < -0.39 is 75.7 Å². The number of phosphoric ester groups is 1. The van der Waals surface area contributed by atoms with Crippen molar-refractivity contribution in [2.75, 3.05) is 13.2 Å². The number of rotatable bonds is 40. The van der Waals surface area contributed by atoms with Crippen molar-refractivity contribution in [1.82, 2.24) is 0 Å². The highest BCUT2D eigenvalue weighted by Crippen LogP contribution is 2.47. The van der Waals surface area contributed by atoms with E-state index in [-0.39, 0.29) is 12.8 Å². The number of esters is 2. The molecule has 14 heteroatoms. The Morgan fingerprint density at radius 1 is 0.449 bits per heavy atom. The molecule has 0 bridgehead atoms. The number of hydrogen-bond donors (Lipinski definition) is 6. The normalized spacial score (nSPS) is 21.9. The van der Waals surface area contributed by atoms with Crippen LogP contribution in [0.25, 0.3) is 0 Å². The Balaban J connectivity index is 2.47. The van der Waals surface area contributed by atoms with E-state index in [1.165, 1.54) is 19.3 Å². The lowest BCUT2D eigenvalue weighted by atomic mass is 9.85. The molecule has 0 spiro atoms. The van der Waals surface area contributed by atoms with Crippen molar-refractivity contribution in [1.29, 1.82) is 0 Å². The van der Waals surface area contributed by atoms with Crippen molar-refractivity contribution < 1.29 is 63.1 Å². The maximum Gasteiger partial charge on any atom is 0.472 e. The number of unbranched alkanes of at least 4 members (excludes halogenated alkanes) is 8. The van der Waals surface area contributed by atoms with Gasteiger partial charge in [-0.1, -0.05) is 174 Å². The van der Waals surface area contributed by atoms with Crippen LogP contribution >= 0.6 is 7.82 Å². The zero-order valence-corrected chi connectivity index (χ0v) is 42.4. The smallest absolute Gasteiger partial charge is 0.462 e. The molecule has 0 amide bonds. The van der Waals surface area contributed by atoms with Gasteiger partial charge in [-0.3, -0.25) is 18.6 Å². The summed E-state index contributed by atoms with van der Waals surface area (Å²) in [4.78, 5) is 35.8. The second kappa shape index (κ2) is 43.1. The molecule has 6 unspecified atom stereocenters. The summed E-state index contributed by atoms with van der Waals surface area (Å²) < 4.78 is 33.5. The highest BCUT2D eigenvalue weighted by Gasteiger charge is 2.51. The first-order valence-corrected chi connectivity index (χ1v) is 26.8. The third-order valence-corrected chi connectivity index (χ3v) is 11.8. The minimum atomic E-state index is -5.15. The third-order valence-electron chi connectivity index (χ3n) is 10.8. The number of carbonyl (C=O) groups is 2. The van der Waals surface area contributed by atoms with Gasteiger partial charge in [0.1, 0.15) is 43.2 Å². The number of ether oxygens (including phenoxy) is 2. The molecule has 1 rings (SSSR count). The highest BCUT2D eigenvalue weighted by molar-refractivity contribution is 7.47. The molecule has 1 aliphatic rings. The van der Waals surface area contributed by atoms with Crippen molar-refractivity contribution in [3.8, 4) is 0 Å². The monoisotopic (exact) mass is 987 g/mol. The van der Waals surface area contributed by atoms with Crippen LogP contribution in [0, 0.1) is 0 Å². The Kier molecular flexibility index (Phi) is 39.5. The zero-order valence-electron chi connectivity index (χ0n) is 41.5. The first-order valence-electron chi connectivity index (χ1n) is 25.3. The number of allylic oxidation sites excluding steroid dienone is 20. The van der Waals surface area contributed by atoms with Gasteiger partial charge in [0.25, 0.3) is 0 Å². The van der Waals surface area contributed by atoms with Crippen LogP contribution < -0.4 is 0 Å². The van der Waals surface area contributed by atoms with Gasteiger partial charge < -0.3 is 39.9 Å². The molecule has 0 aromatic heterocycles. The Bertz CT molecular complexity index is 1660. The van der Waals surface area contributed by atoms with Crippen LogP contribution in [-0.4, -0.2) is 98.3 Å². The summed E-state index contributed by atoms with van der Waals surface area (Å²) in [7, 11) is -5.15. The summed E-state index contributed by atoms with van der Waals surface area (Å²) in [6.45, 7) is 3.00. The van der Waals surface area contributed by atoms with Gasteiger partial charge in [-0.2, -0.15) is 0 Å². The fourth-order valence-electron chi connectivity index (χ4n) is 6.83. The molecule has 6 N–H and O–H groups in total. The van der Waals surface area contributed by atoms with Gasteiger partial charge in [-0.05, 0) is 89.9 Å². The minimum absolute atomic E-state index is 0.0379. The molecular weight excluding hydrogens is 900 g/mol. The molecule has 0 aliphatic heterocycles. The highest BCUT2D eigenvalue weighted by atomic mass is 31.2. The average Bonchev–Trinajstić information content (AvgIpc) is 3.33. The maximum atomic E-state index is 12.8. The third kappa shape index (κ3) is 35.1. The Morgan fingerprint density at radius 3 is 1.25 bits per heavy atom. The maximum absolute atomic E-state index is 12.8. The predicted molar refractivity (Wildman–Crippen MR) is 276 cm³/mol. The van der Waals surface area contributed by atoms with Crippen LogP contribution in [0.15, 0.2) is 122 Å². The molecule has 1 aliphatic carbocycles. The van der Waals surface area contributed by atoms with Gasteiger partial charge in [0, 0.05) is 12.8 Å². The second-order valence-corrected chi connectivity index (χ2v) is 18.3. The summed E-state index contributed by atoms with van der Waals surface area (Å²) in [5.41, 5.74) is 0. The molecule has 0 saturated heterocycles. The van der Waals surface area contributed by atoms with Crippen molar-refractivity contribution in [2.45, 2.75) is 198 Å². The molecule has 0 aromatic rings. The second-order valence-electron chi connectivity index (χ2n) is 16.9. The standard InChI is InChI=1S/C55H87O13P/c1-3-5-7-9-11-13-15-17-19-21-23-24-26-27-29-31-33-35-37-39-41-43-48(56)65-45-47(46-66-69(63,64)68-55-53(61)51(59)50(58)52(60)54(55)62)67-49(57)44-42-40-38-36-34-32-30-28-25-22-20-18-16-14-12-10-8-6-4-2/h5-8,11-14,17-20,23-25,28,32,34,38,40,47,50-55,58-62H,3-4,9-10,15-16,21-22,26-27,29-31,33,35-37,39,41-46H2,1-2H3,(H,63,64)/b7-5-,8-6-,13-11-,14-12-,19-17-,20-18-,24-23-,28-25-,34-32-,40-38-. The Labute approximate surface area is 414 Å². The number of aliphatic hydroxyl groups excluding tert-OH is 5. The molecule has 6 atom stereocenters. The number of hydrogen-bond acceptors (Lipinski definition) is 12.